The fourth-order valence-electron chi connectivity index (χ4n) is 14.5. The normalized spacial score (nSPS) is 20.9. The molecule has 0 aliphatic carbocycles. The van der Waals surface area contributed by atoms with Crippen molar-refractivity contribution in [3.63, 3.8) is 0 Å². The molecule has 0 radical (unpaired) electrons. The van der Waals surface area contributed by atoms with Crippen LogP contribution in [0.4, 0.5) is 11.4 Å². The molecule has 6 aliphatic heterocycles. The second kappa shape index (κ2) is 25.5. The predicted molar refractivity (Wildman–Crippen MR) is 365 cm³/mol. The summed E-state index contributed by atoms with van der Waals surface area (Å²) in [6.07, 6.45) is 0.989. The number of hydrogen-bond acceptors (Lipinski definition) is 15. The molecular weight excluding hydrogens is 1640 g/mol. The molecule has 0 fully saturated rings. The first-order chi connectivity index (χ1) is 45.9. The maximum atomic E-state index is 13.7. The monoisotopic (exact) mass is 1710 g/mol. The summed E-state index contributed by atoms with van der Waals surface area (Å²) in [4.78, 5) is 54.9. The van der Waals surface area contributed by atoms with Gasteiger partial charge in [-0.15, -0.1) is 0 Å². The Labute approximate surface area is 602 Å². The minimum absolute atomic E-state index is 0.0107. The number of carboxylic acid groups (broad SMARTS) is 3. The summed E-state index contributed by atoms with van der Waals surface area (Å²) >= 11 is -3.25. The van der Waals surface area contributed by atoms with Gasteiger partial charge in [0, 0.05) is 0 Å². The van der Waals surface area contributed by atoms with E-state index in [0.29, 0.717) is 68.8 Å². The molecule has 0 saturated heterocycles. The number of hydrogen-bond donors (Lipinski definition) is 14. The Morgan fingerprint density at radius 1 is 0.640 bits per heavy atom. The van der Waals surface area contributed by atoms with Crippen LogP contribution in [0, 0.1) is 0 Å². The van der Waals surface area contributed by atoms with E-state index in [1.54, 1.807) is 36.4 Å². The van der Waals surface area contributed by atoms with Crippen LogP contribution >= 0.6 is 46.6 Å². The molecule has 34 heteroatoms. The van der Waals surface area contributed by atoms with Crippen molar-refractivity contribution in [2.45, 2.75) is 147 Å². The molecular formula is C66H70As4Cl3N5O21S. The fraction of sp³-hybridized carbons (Fsp3) is 0.364. The van der Waals surface area contributed by atoms with Gasteiger partial charge in [-0.05, 0) is 0 Å². The van der Waals surface area contributed by atoms with Crippen LogP contribution in [0.1, 0.15) is 173 Å². The average molecular weight is 1710 g/mol. The van der Waals surface area contributed by atoms with Gasteiger partial charge >= 0.3 is 597 Å². The standard InChI is InChI=1S/C36H38As2Cl3N3O12S.C30H32As2N2O9/c1-13-9-35(3,4)43-29-15(13)7-17-21(22-23(34(48)49)26(39)28(41)33(27(22)40)57-12-19(45)42-11-20(46)47)18-8-16-14(2)10-36(5,6)44-30(16)25(38(53,54)55)32(18)56-31(17)24(29)37(50,51)52;1-13-29(3,4)19-11-17-21(15-7-9-16(10-8-15)28(35)36)18-12-20-25(34-14(2)30(20,5)6)23(32(40,41)42)27(18)43-26(17)22(24(19)33-13)31(37,38)39/h7-8,13-14,43H,9-12H2,1-6H3,(H,42,45)(H,46,47)(H,48,49)(H2,50,51,52)(H2,53,54,55);7-14,33H,1-6H3,(H,35,36)(H2,37,38,39)(H2,40,41,42). The number of halogens is 3. The van der Waals surface area contributed by atoms with Crippen LogP contribution < -0.4 is 82.2 Å². The summed E-state index contributed by atoms with van der Waals surface area (Å²) in [5.74, 6) is -7.45. The summed E-state index contributed by atoms with van der Waals surface area (Å²) in [6.45, 7) is 21.9. The number of nitrogens with one attached hydrogen (secondary N) is 5. The van der Waals surface area contributed by atoms with Crippen molar-refractivity contribution in [2.24, 2.45) is 0 Å². The number of carbonyl (C=O) groups excluding carboxylic acids is 1. The van der Waals surface area contributed by atoms with Gasteiger partial charge in [0.2, 0.25) is 0 Å². The number of ether oxygens (including phenoxy) is 2. The Hall–Kier alpha value is -5.93. The van der Waals surface area contributed by atoms with E-state index >= 15 is 0 Å². The number of carbonyl (C=O) groups is 4. The third kappa shape index (κ3) is 13.0. The number of aromatic carboxylic acids is 2. The number of rotatable bonds is 13. The third-order valence-corrected chi connectivity index (χ3v) is 30.5. The van der Waals surface area contributed by atoms with Crippen molar-refractivity contribution in [3.8, 4) is 23.0 Å². The molecule has 6 aromatic rings. The van der Waals surface area contributed by atoms with Crippen LogP contribution in [-0.2, 0) is 35.4 Å². The number of benzene rings is 6. The number of carboxylic acids is 3. The summed E-state index contributed by atoms with van der Waals surface area (Å²) in [6, 6.07) is 12.3. The van der Waals surface area contributed by atoms with Gasteiger partial charge in [-0.25, -0.2) is 0 Å². The van der Waals surface area contributed by atoms with Crippen molar-refractivity contribution in [2.75, 3.05) is 22.9 Å². The number of anilines is 2. The molecule has 0 aromatic heterocycles. The van der Waals surface area contributed by atoms with Crippen LogP contribution in [0.15, 0.2) is 53.4 Å². The van der Waals surface area contributed by atoms with Gasteiger partial charge in [-0.3, -0.25) is 4.79 Å². The molecule has 6 heterocycles. The molecule has 0 saturated carbocycles. The molecule has 0 spiro atoms. The molecule has 6 atom stereocenters. The quantitative estimate of drug-likeness (QED) is 0.0333. The number of fused-ring (bicyclic) bond motifs is 8. The van der Waals surface area contributed by atoms with Crippen molar-refractivity contribution in [3.05, 3.63) is 140 Å². The minimum atomic E-state index is -6.41. The average Bonchev–Trinajstić information content (AvgIpc) is 1.12. The SMILES string of the molecule is CC1CC(C)(C)Nc2c1cc1c(c2[As](=O)([O-])O)Oc2c([As](=O)(O)O)c3c(cc2=C1c1c(Cl)c(SCC(=O)NCC(=O)O)c(Cl)c(Cl)c1C(=O)O)C(C)CC(C)(C)[NH+]=3.CC1Nc2c(cc3c(c2[As](=O)([O-])O)Oc2c([As](=O)(O)O)c4c(cc2=C3c2ccc(C(=O)O)cc2)C(C)(C)C(C)[NH+]=4)C1(C)C. The Morgan fingerprint density at radius 3 is 1.72 bits per heavy atom. The van der Waals surface area contributed by atoms with E-state index in [1.165, 1.54) is 12.1 Å². The first-order valence-electron chi connectivity index (χ1n) is 31.1. The Kier molecular flexibility index (Phi) is 19.1. The zero-order chi connectivity index (χ0) is 74.1. The van der Waals surface area contributed by atoms with E-state index in [9.17, 15) is 77.1 Å². The summed E-state index contributed by atoms with van der Waals surface area (Å²) in [5.41, 5.74) is -0.214. The molecule has 6 unspecified atom stereocenters. The van der Waals surface area contributed by atoms with Gasteiger partial charge in [0.1, 0.15) is 0 Å². The molecule has 12 rings (SSSR count). The second-order valence-electron chi connectivity index (χ2n) is 28.3. The van der Waals surface area contributed by atoms with Gasteiger partial charge < -0.3 is 5.11 Å². The van der Waals surface area contributed by atoms with Gasteiger partial charge in [0.15, 0.2) is 0 Å². The molecule has 0 bridgehead atoms. The van der Waals surface area contributed by atoms with Gasteiger partial charge in [0.05, 0.1) is 0 Å². The Morgan fingerprint density at radius 2 is 1.18 bits per heavy atom. The Balaban J connectivity index is 0.000000209. The van der Waals surface area contributed by atoms with E-state index in [1.807, 2.05) is 83.1 Å². The maximum absolute atomic E-state index is 13.7. The summed E-state index contributed by atoms with van der Waals surface area (Å²) in [5, 5.41) is 37.1. The van der Waals surface area contributed by atoms with Crippen molar-refractivity contribution in [1.29, 1.82) is 0 Å². The van der Waals surface area contributed by atoms with E-state index < -0.39 is 150 Å². The summed E-state index contributed by atoms with van der Waals surface area (Å²) < 4.78 is 157. The summed E-state index contributed by atoms with van der Waals surface area (Å²) in [7, 11) is 0. The van der Waals surface area contributed by atoms with E-state index in [-0.39, 0.29) is 104 Å². The van der Waals surface area contributed by atoms with Crippen molar-refractivity contribution >= 4 is 167 Å². The molecule has 100 heavy (non-hydrogen) atoms. The van der Waals surface area contributed by atoms with Crippen molar-refractivity contribution < 1.29 is 102 Å². The van der Waals surface area contributed by atoms with E-state index in [0.717, 1.165) is 0 Å². The zero-order valence-corrected chi connectivity index (χ0v) is 66.1. The fourth-order valence-corrected chi connectivity index (χ4v) is 24.0. The zero-order valence-electron chi connectivity index (χ0n) is 55.5. The van der Waals surface area contributed by atoms with Crippen LogP contribution in [-0.4, -0.2) is 156 Å². The third-order valence-electron chi connectivity index (χ3n) is 19.6. The molecule has 1 amide bonds. The Bertz CT molecular complexity index is 5180. The topological polar surface area (TPSA) is 447 Å². The van der Waals surface area contributed by atoms with Gasteiger partial charge in [-0.2, -0.15) is 0 Å². The number of thioether (sulfide) groups is 1. The van der Waals surface area contributed by atoms with E-state index in [4.69, 9.17) is 49.4 Å². The van der Waals surface area contributed by atoms with Gasteiger partial charge in [0.25, 0.3) is 0 Å². The van der Waals surface area contributed by atoms with Crippen LogP contribution in [0.3, 0.4) is 0 Å². The van der Waals surface area contributed by atoms with E-state index in [2.05, 4.69) is 25.9 Å². The molecule has 6 aliphatic rings. The van der Waals surface area contributed by atoms with Crippen LogP contribution in [0.25, 0.3) is 11.1 Å². The second-order valence-corrected chi connectivity index (χ2v) is 43.1. The first-order valence-corrected chi connectivity index (χ1v) is 46.6. The predicted octanol–water partition coefficient (Wildman–Crippen LogP) is -2.14. The molecule has 6 aromatic carbocycles. The first kappa shape index (κ1) is 75.2. The van der Waals surface area contributed by atoms with Crippen molar-refractivity contribution in [1.82, 2.24) is 5.32 Å². The molecule has 14 N–H and O–H groups in total. The van der Waals surface area contributed by atoms with Gasteiger partial charge in [-0.1, -0.05) is 0 Å². The van der Waals surface area contributed by atoms with Crippen LogP contribution in [0.5, 0.6) is 23.0 Å². The number of amides is 1. The number of aliphatic carboxylic acids is 1. The molecule has 532 valence electrons. The van der Waals surface area contributed by atoms with Crippen LogP contribution in [0.2, 0.25) is 15.1 Å². The molecule has 26 nitrogen and oxygen atoms in total.